The minimum atomic E-state index is -0.00354. The predicted octanol–water partition coefficient (Wildman–Crippen LogP) is 4.09. The monoisotopic (exact) mass is 364 g/mol. The van der Waals surface area contributed by atoms with Crippen LogP contribution in [0, 0.1) is 0 Å². The molecule has 4 heteroatoms. The first-order chi connectivity index (χ1) is 13.0. The summed E-state index contributed by atoms with van der Waals surface area (Å²) in [5.41, 5.74) is 4.11. The average Bonchev–Trinajstić information content (AvgIpc) is 3.15. The largest absolute Gasteiger partial charge is 0.354 e. The molecule has 1 unspecified atom stereocenters. The fraction of sp³-hybridized carbons (Fsp3) is 0.391. The van der Waals surface area contributed by atoms with Crippen LogP contribution in [0.15, 0.2) is 48.5 Å². The minimum absolute atomic E-state index is 0.00354. The van der Waals surface area contributed by atoms with Crippen LogP contribution in [0.25, 0.3) is 11.1 Å². The number of hydrogen-bond acceptors (Lipinski definition) is 2. The SMILES string of the molecule is CC(=O)NC(C)Cc1ccc(-c2ccc(C(=O)NC3CCCC3)cc2)cc1. The van der Waals surface area contributed by atoms with Gasteiger partial charge in [-0.1, -0.05) is 49.2 Å². The third-order valence-electron chi connectivity index (χ3n) is 5.12. The zero-order chi connectivity index (χ0) is 19.2. The van der Waals surface area contributed by atoms with E-state index in [0.29, 0.717) is 11.6 Å². The molecule has 1 atom stereocenters. The summed E-state index contributed by atoms with van der Waals surface area (Å²) < 4.78 is 0. The molecule has 1 aliphatic rings. The molecule has 2 aromatic rings. The van der Waals surface area contributed by atoms with Crippen molar-refractivity contribution in [2.45, 2.75) is 58.0 Å². The highest BCUT2D eigenvalue weighted by molar-refractivity contribution is 5.94. The van der Waals surface area contributed by atoms with E-state index in [1.807, 2.05) is 31.2 Å². The van der Waals surface area contributed by atoms with Crippen LogP contribution < -0.4 is 10.6 Å². The first-order valence-electron chi connectivity index (χ1n) is 9.78. The zero-order valence-electron chi connectivity index (χ0n) is 16.1. The molecular formula is C23H28N2O2. The molecule has 0 aromatic heterocycles. The maximum Gasteiger partial charge on any atom is 0.251 e. The van der Waals surface area contributed by atoms with Crippen molar-refractivity contribution in [3.05, 3.63) is 59.7 Å². The van der Waals surface area contributed by atoms with Crippen LogP contribution in [0.2, 0.25) is 0 Å². The average molecular weight is 364 g/mol. The van der Waals surface area contributed by atoms with E-state index in [-0.39, 0.29) is 17.9 Å². The van der Waals surface area contributed by atoms with Gasteiger partial charge in [-0.3, -0.25) is 9.59 Å². The Morgan fingerprint density at radius 1 is 0.963 bits per heavy atom. The molecule has 2 aromatic carbocycles. The fourth-order valence-electron chi connectivity index (χ4n) is 3.74. The van der Waals surface area contributed by atoms with Gasteiger partial charge in [0.25, 0.3) is 5.91 Å². The molecule has 0 bridgehead atoms. The Morgan fingerprint density at radius 2 is 1.52 bits per heavy atom. The van der Waals surface area contributed by atoms with Crippen molar-refractivity contribution in [1.29, 1.82) is 0 Å². The van der Waals surface area contributed by atoms with E-state index in [1.54, 1.807) is 0 Å². The van der Waals surface area contributed by atoms with E-state index in [9.17, 15) is 9.59 Å². The normalized spacial score (nSPS) is 15.3. The Morgan fingerprint density at radius 3 is 2.07 bits per heavy atom. The molecule has 1 fully saturated rings. The van der Waals surface area contributed by atoms with Crippen LogP contribution in [0.1, 0.15) is 55.5 Å². The van der Waals surface area contributed by atoms with Gasteiger partial charge in [0.1, 0.15) is 0 Å². The van der Waals surface area contributed by atoms with Crippen molar-refractivity contribution in [2.75, 3.05) is 0 Å². The van der Waals surface area contributed by atoms with Crippen molar-refractivity contribution >= 4 is 11.8 Å². The standard InChI is InChI=1S/C23H28N2O2/c1-16(24-17(2)26)15-18-7-9-19(10-8-18)20-11-13-21(14-12-20)23(27)25-22-5-3-4-6-22/h7-14,16,22H,3-6,15H2,1-2H3,(H,24,26)(H,25,27). The summed E-state index contributed by atoms with van der Waals surface area (Å²) in [7, 11) is 0. The van der Waals surface area contributed by atoms with Gasteiger partial charge in [0.2, 0.25) is 5.91 Å². The Balaban J connectivity index is 1.61. The summed E-state index contributed by atoms with van der Waals surface area (Å²) in [4.78, 5) is 23.4. The second-order valence-corrected chi connectivity index (χ2v) is 7.53. The van der Waals surface area contributed by atoms with Gasteiger partial charge in [-0.25, -0.2) is 0 Å². The third-order valence-corrected chi connectivity index (χ3v) is 5.12. The quantitative estimate of drug-likeness (QED) is 0.811. The van der Waals surface area contributed by atoms with Crippen LogP contribution >= 0.6 is 0 Å². The summed E-state index contributed by atoms with van der Waals surface area (Å²) in [5, 5.41) is 6.03. The maximum atomic E-state index is 12.3. The smallest absolute Gasteiger partial charge is 0.251 e. The Bertz CT molecular complexity index is 775. The summed E-state index contributed by atoms with van der Waals surface area (Å²) in [6.45, 7) is 3.54. The van der Waals surface area contributed by atoms with Crippen LogP contribution in [0.3, 0.4) is 0 Å². The van der Waals surface area contributed by atoms with Gasteiger partial charge < -0.3 is 10.6 Å². The van der Waals surface area contributed by atoms with Crippen LogP contribution in [-0.4, -0.2) is 23.9 Å². The number of amides is 2. The number of benzene rings is 2. The van der Waals surface area contributed by atoms with Crippen molar-refractivity contribution < 1.29 is 9.59 Å². The van der Waals surface area contributed by atoms with Gasteiger partial charge in [0.05, 0.1) is 0 Å². The van der Waals surface area contributed by atoms with Crippen molar-refractivity contribution in [3.63, 3.8) is 0 Å². The molecule has 2 amide bonds. The molecule has 1 saturated carbocycles. The molecule has 27 heavy (non-hydrogen) atoms. The lowest BCUT2D eigenvalue weighted by atomic mass is 10.00. The molecule has 0 aliphatic heterocycles. The highest BCUT2D eigenvalue weighted by Crippen LogP contribution is 2.22. The summed E-state index contributed by atoms with van der Waals surface area (Å²) in [6.07, 6.45) is 5.42. The first kappa shape index (κ1) is 19.2. The van der Waals surface area contributed by atoms with Gasteiger partial charge in [-0.15, -0.1) is 0 Å². The molecule has 2 N–H and O–H groups in total. The molecule has 0 saturated heterocycles. The van der Waals surface area contributed by atoms with Gasteiger partial charge in [0.15, 0.2) is 0 Å². The van der Waals surface area contributed by atoms with Gasteiger partial charge in [-0.2, -0.15) is 0 Å². The van der Waals surface area contributed by atoms with Crippen LogP contribution in [0.5, 0.6) is 0 Å². The number of hydrogen-bond donors (Lipinski definition) is 2. The number of nitrogens with one attached hydrogen (secondary N) is 2. The zero-order valence-corrected chi connectivity index (χ0v) is 16.1. The Hall–Kier alpha value is -2.62. The number of carbonyl (C=O) groups excluding carboxylic acids is 2. The topological polar surface area (TPSA) is 58.2 Å². The first-order valence-corrected chi connectivity index (χ1v) is 9.78. The molecule has 0 spiro atoms. The van der Waals surface area contributed by atoms with Crippen molar-refractivity contribution in [2.24, 2.45) is 0 Å². The van der Waals surface area contributed by atoms with E-state index in [0.717, 1.165) is 30.4 Å². The lowest BCUT2D eigenvalue weighted by Gasteiger charge is -2.13. The number of rotatable bonds is 6. The lowest BCUT2D eigenvalue weighted by molar-refractivity contribution is -0.119. The predicted molar refractivity (Wildman–Crippen MR) is 109 cm³/mol. The highest BCUT2D eigenvalue weighted by Gasteiger charge is 2.17. The summed E-state index contributed by atoms with van der Waals surface area (Å²) in [5.74, 6) is 0.0203. The van der Waals surface area contributed by atoms with Gasteiger partial charge in [-0.05, 0) is 55.0 Å². The van der Waals surface area contributed by atoms with E-state index in [2.05, 4.69) is 34.9 Å². The van der Waals surface area contributed by atoms with Crippen LogP contribution in [-0.2, 0) is 11.2 Å². The number of carbonyl (C=O) groups is 2. The van der Waals surface area contributed by atoms with E-state index >= 15 is 0 Å². The molecule has 4 nitrogen and oxygen atoms in total. The molecule has 0 heterocycles. The van der Waals surface area contributed by atoms with E-state index in [1.165, 1.54) is 25.3 Å². The summed E-state index contributed by atoms with van der Waals surface area (Å²) in [6, 6.07) is 16.6. The van der Waals surface area contributed by atoms with Crippen molar-refractivity contribution in [1.82, 2.24) is 10.6 Å². The van der Waals surface area contributed by atoms with Crippen LogP contribution in [0.4, 0.5) is 0 Å². The third kappa shape index (κ3) is 5.43. The van der Waals surface area contributed by atoms with Gasteiger partial charge in [0, 0.05) is 24.6 Å². The molecular weight excluding hydrogens is 336 g/mol. The van der Waals surface area contributed by atoms with Gasteiger partial charge >= 0.3 is 0 Å². The molecule has 142 valence electrons. The second kappa shape index (κ2) is 8.85. The minimum Gasteiger partial charge on any atom is -0.354 e. The maximum absolute atomic E-state index is 12.3. The molecule has 0 radical (unpaired) electrons. The van der Waals surface area contributed by atoms with E-state index < -0.39 is 0 Å². The lowest BCUT2D eigenvalue weighted by Crippen LogP contribution is -2.32. The van der Waals surface area contributed by atoms with E-state index in [4.69, 9.17) is 0 Å². The highest BCUT2D eigenvalue weighted by atomic mass is 16.2. The fourth-order valence-corrected chi connectivity index (χ4v) is 3.74. The Kier molecular flexibility index (Phi) is 6.28. The Labute approximate surface area is 161 Å². The summed E-state index contributed by atoms with van der Waals surface area (Å²) >= 11 is 0. The van der Waals surface area contributed by atoms with Crippen molar-refractivity contribution in [3.8, 4) is 11.1 Å². The second-order valence-electron chi connectivity index (χ2n) is 7.53. The molecule has 1 aliphatic carbocycles. The molecule has 3 rings (SSSR count).